The Hall–Kier alpha value is -0.950. The van der Waals surface area contributed by atoms with Crippen molar-refractivity contribution in [2.75, 3.05) is 20.1 Å². The summed E-state index contributed by atoms with van der Waals surface area (Å²) in [6.45, 7) is 3.11. The highest BCUT2D eigenvalue weighted by Gasteiger charge is 2.32. The van der Waals surface area contributed by atoms with Gasteiger partial charge in [-0.3, -0.25) is 0 Å². The molecule has 6 heteroatoms. The molecule has 1 saturated heterocycles. The smallest absolute Gasteiger partial charge is 0.282 e. The monoisotopic (exact) mass is 312 g/mol. The lowest BCUT2D eigenvalue weighted by atomic mass is 9.93. The molecular weight excluding hydrogens is 288 g/mol. The van der Waals surface area contributed by atoms with E-state index in [1.165, 1.54) is 8.61 Å². The standard InChI is InChI=1S/C15H24N2O3S/c1-13(18)15-8-10-17(11-9-15)21(19,20)16(2)12-14-6-4-3-5-7-14/h3-7,13,15,18H,8-12H2,1-2H3. The Bertz CT molecular complexity index is 537. The van der Waals surface area contributed by atoms with Crippen LogP contribution in [0.1, 0.15) is 25.3 Å². The lowest BCUT2D eigenvalue weighted by Gasteiger charge is -2.34. The number of rotatable bonds is 5. The van der Waals surface area contributed by atoms with Crippen molar-refractivity contribution in [2.45, 2.75) is 32.4 Å². The van der Waals surface area contributed by atoms with Crippen molar-refractivity contribution < 1.29 is 13.5 Å². The summed E-state index contributed by atoms with van der Waals surface area (Å²) in [5.41, 5.74) is 0.974. The van der Waals surface area contributed by atoms with Crippen molar-refractivity contribution in [3.8, 4) is 0 Å². The Morgan fingerprint density at radius 1 is 1.29 bits per heavy atom. The second-order valence-corrected chi connectivity index (χ2v) is 7.76. The number of aliphatic hydroxyl groups excluding tert-OH is 1. The third-order valence-corrected chi connectivity index (χ3v) is 6.08. The van der Waals surface area contributed by atoms with Gasteiger partial charge in [0, 0.05) is 26.7 Å². The number of aliphatic hydroxyl groups is 1. The van der Waals surface area contributed by atoms with E-state index < -0.39 is 10.2 Å². The molecule has 0 saturated carbocycles. The molecule has 0 radical (unpaired) electrons. The van der Waals surface area contributed by atoms with Crippen LogP contribution in [0.2, 0.25) is 0 Å². The van der Waals surface area contributed by atoms with Crippen LogP contribution in [0, 0.1) is 5.92 Å². The van der Waals surface area contributed by atoms with Crippen LogP contribution in [-0.2, 0) is 16.8 Å². The van der Waals surface area contributed by atoms with Crippen LogP contribution in [0.25, 0.3) is 0 Å². The molecule has 1 N–H and O–H groups in total. The van der Waals surface area contributed by atoms with Crippen LogP contribution >= 0.6 is 0 Å². The van der Waals surface area contributed by atoms with E-state index in [0.29, 0.717) is 19.6 Å². The van der Waals surface area contributed by atoms with Crippen LogP contribution in [0.4, 0.5) is 0 Å². The van der Waals surface area contributed by atoms with Gasteiger partial charge in [0.05, 0.1) is 6.10 Å². The van der Waals surface area contributed by atoms with E-state index in [1.807, 2.05) is 30.3 Å². The molecule has 1 fully saturated rings. The van der Waals surface area contributed by atoms with Crippen molar-refractivity contribution in [1.29, 1.82) is 0 Å². The number of hydrogen-bond donors (Lipinski definition) is 1. The summed E-state index contributed by atoms with van der Waals surface area (Å²) in [5, 5.41) is 9.59. The van der Waals surface area contributed by atoms with Crippen molar-refractivity contribution in [3.63, 3.8) is 0 Å². The zero-order valence-corrected chi connectivity index (χ0v) is 13.5. The molecule has 2 rings (SSSR count). The molecule has 0 aliphatic carbocycles. The highest BCUT2D eigenvalue weighted by Crippen LogP contribution is 2.23. The fraction of sp³-hybridized carbons (Fsp3) is 0.600. The molecule has 1 aliphatic rings. The van der Waals surface area contributed by atoms with Crippen molar-refractivity contribution in [1.82, 2.24) is 8.61 Å². The third kappa shape index (κ3) is 4.03. The Kier molecular flexibility index (Phi) is 5.37. The van der Waals surface area contributed by atoms with Gasteiger partial charge in [-0.1, -0.05) is 30.3 Å². The number of nitrogens with zero attached hydrogens (tertiary/aromatic N) is 2. The molecule has 1 unspecified atom stereocenters. The fourth-order valence-electron chi connectivity index (χ4n) is 2.71. The van der Waals surface area contributed by atoms with Crippen LogP contribution in [0.3, 0.4) is 0 Å². The molecule has 1 aromatic rings. The predicted octanol–water partition coefficient (Wildman–Crippen LogP) is 1.46. The van der Waals surface area contributed by atoms with Gasteiger partial charge >= 0.3 is 0 Å². The second kappa shape index (κ2) is 6.87. The first-order valence-electron chi connectivity index (χ1n) is 7.34. The van der Waals surface area contributed by atoms with E-state index >= 15 is 0 Å². The summed E-state index contributed by atoms with van der Waals surface area (Å²) in [7, 11) is -1.81. The van der Waals surface area contributed by atoms with Crippen molar-refractivity contribution in [2.24, 2.45) is 5.92 Å². The Morgan fingerprint density at radius 2 is 1.86 bits per heavy atom. The molecule has 0 amide bonds. The molecule has 0 aromatic heterocycles. The molecule has 21 heavy (non-hydrogen) atoms. The van der Waals surface area contributed by atoms with Gasteiger partial charge in [-0.05, 0) is 31.2 Å². The highest BCUT2D eigenvalue weighted by atomic mass is 32.2. The van der Waals surface area contributed by atoms with Gasteiger partial charge in [0.2, 0.25) is 0 Å². The summed E-state index contributed by atoms with van der Waals surface area (Å²) in [4.78, 5) is 0. The maximum absolute atomic E-state index is 12.6. The number of hydrogen-bond acceptors (Lipinski definition) is 3. The van der Waals surface area contributed by atoms with E-state index in [1.54, 1.807) is 14.0 Å². The molecule has 118 valence electrons. The minimum atomic E-state index is -3.42. The zero-order valence-electron chi connectivity index (χ0n) is 12.6. The predicted molar refractivity (Wildman–Crippen MR) is 82.8 cm³/mol. The summed E-state index contributed by atoms with van der Waals surface area (Å²) < 4.78 is 28.0. The summed E-state index contributed by atoms with van der Waals surface area (Å²) in [5.74, 6) is 0.205. The minimum Gasteiger partial charge on any atom is -0.393 e. The second-order valence-electron chi connectivity index (χ2n) is 5.73. The Balaban J connectivity index is 1.98. The van der Waals surface area contributed by atoms with Gasteiger partial charge < -0.3 is 5.11 Å². The Labute approximate surface area is 127 Å². The number of benzene rings is 1. The summed E-state index contributed by atoms with van der Waals surface area (Å²) in [6, 6.07) is 9.57. The van der Waals surface area contributed by atoms with Crippen LogP contribution < -0.4 is 0 Å². The molecular formula is C15H24N2O3S. The Morgan fingerprint density at radius 3 is 2.38 bits per heavy atom. The van der Waals surface area contributed by atoms with E-state index in [9.17, 15) is 13.5 Å². The zero-order chi connectivity index (χ0) is 15.5. The van der Waals surface area contributed by atoms with E-state index in [0.717, 1.165) is 18.4 Å². The molecule has 5 nitrogen and oxygen atoms in total. The third-order valence-electron chi connectivity index (χ3n) is 4.15. The fourth-order valence-corrected chi connectivity index (χ4v) is 4.09. The van der Waals surface area contributed by atoms with Gasteiger partial charge in [-0.15, -0.1) is 0 Å². The van der Waals surface area contributed by atoms with Crippen molar-refractivity contribution in [3.05, 3.63) is 35.9 Å². The SMILES string of the molecule is CC(O)C1CCN(S(=O)(=O)N(C)Cc2ccccc2)CC1. The molecule has 1 aliphatic heterocycles. The maximum atomic E-state index is 12.6. The van der Waals surface area contributed by atoms with Gasteiger partial charge in [0.1, 0.15) is 0 Å². The largest absolute Gasteiger partial charge is 0.393 e. The quantitative estimate of drug-likeness (QED) is 0.895. The van der Waals surface area contributed by atoms with E-state index in [-0.39, 0.29) is 12.0 Å². The molecule has 0 spiro atoms. The maximum Gasteiger partial charge on any atom is 0.282 e. The first-order valence-corrected chi connectivity index (χ1v) is 8.74. The van der Waals surface area contributed by atoms with Crippen molar-refractivity contribution >= 4 is 10.2 Å². The topological polar surface area (TPSA) is 60.9 Å². The average molecular weight is 312 g/mol. The molecule has 1 heterocycles. The minimum absolute atomic E-state index is 0.205. The normalized spacial score (nSPS) is 19.8. The first kappa shape index (κ1) is 16.4. The summed E-state index contributed by atoms with van der Waals surface area (Å²) in [6.07, 6.45) is 1.07. The van der Waals surface area contributed by atoms with Crippen LogP contribution in [-0.4, -0.2) is 48.4 Å². The highest BCUT2D eigenvalue weighted by molar-refractivity contribution is 7.86. The molecule has 1 atom stereocenters. The van der Waals surface area contributed by atoms with Gasteiger partial charge in [0.25, 0.3) is 10.2 Å². The number of piperidine rings is 1. The van der Waals surface area contributed by atoms with Gasteiger partial charge in [0.15, 0.2) is 0 Å². The lowest BCUT2D eigenvalue weighted by Crippen LogP contribution is -2.46. The van der Waals surface area contributed by atoms with Crippen LogP contribution in [0.5, 0.6) is 0 Å². The first-order chi connectivity index (χ1) is 9.91. The van der Waals surface area contributed by atoms with Gasteiger partial charge in [-0.25, -0.2) is 0 Å². The van der Waals surface area contributed by atoms with E-state index in [2.05, 4.69) is 0 Å². The summed E-state index contributed by atoms with van der Waals surface area (Å²) >= 11 is 0. The van der Waals surface area contributed by atoms with Crippen LogP contribution in [0.15, 0.2) is 30.3 Å². The van der Waals surface area contributed by atoms with Gasteiger partial charge in [-0.2, -0.15) is 17.0 Å². The molecule has 1 aromatic carbocycles. The molecule has 0 bridgehead atoms. The average Bonchev–Trinajstić information content (AvgIpc) is 2.48. The lowest BCUT2D eigenvalue weighted by molar-refractivity contribution is 0.0899. The van der Waals surface area contributed by atoms with E-state index in [4.69, 9.17) is 0 Å².